The molecule has 0 aliphatic heterocycles. The molecule has 3 aromatic rings. The normalized spacial score (nSPS) is 10.7. The average molecular weight is 314 g/mol. The number of nitrogens with zero attached hydrogens (tertiary/aromatic N) is 5. The van der Waals surface area contributed by atoms with Crippen molar-refractivity contribution in [1.29, 1.82) is 0 Å². The number of hydrogen-bond donors (Lipinski definition) is 0. The van der Waals surface area contributed by atoms with E-state index in [1.54, 1.807) is 4.68 Å². The highest BCUT2D eigenvalue weighted by Gasteiger charge is 2.14. The number of benzene rings is 2. The molecule has 2 aromatic carbocycles. The Balaban J connectivity index is 2.02. The standard InChI is InChI=1S/C16H16ClN5/c1-21(2)15-10-6-4-8-13(15)16-18-19-20-22(16)11-12-7-3-5-9-14(12)17/h3-10H,11H2,1-2H3. The number of tetrazole rings is 1. The van der Waals surface area contributed by atoms with Gasteiger partial charge in [0.1, 0.15) is 0 Å². The molecule has 0 N–H and O–H groups in total. The van der Waals surface area contributed by atoms with Gasteiger partial charge in [-0.15, -0.1) is 5.10 Å². The molecule has 112 valence electrons. The van der Waals surface area contributed by atoms with Crippen LogP contribution in [0.5, 0.6) is 0 Å². The lowest BCUT2D eigenvalue weighted by Gasteiger charge is -2.16. The molecule has 6 heteroatoms. The van der Waals surface area contributed by atoms with E-state index in [1.807, 2.05) is 67.5 Å². The van der Waals surface area contributed by atoms with Gasteiger partial charge in [0.2, 0.25) is 0 Å². The topological polar surface area (TPSA) is 46.8 Å². The van der Waals surface area contributed by atoms with Crippen LogP contribution in [0.2, 0.25) is 5.02 Å². The molecule has 1 aromatic heterocycles. The molecule has 5 nitrogen and oxygen atoms in total. The molecule has 0 unspecified atom stereocenters. The van der Waals surface area contributed by atoms with E-state index in [9.17, 15) is 0 Å². The minimum atomic E-state index is 0.532. The van der Waals surface area contributed by atoms with Crippen LogP contribution in [0, 0.1) is 0 Å². The van der Waals surface area contributed by atoms with Crippen LogP contribution in [0.25, 0.3) is 11.4 Å². The van der Waals surface area contributed by atoms with Gasteiger partial charge in [0.05, 0.1) is 6.54 Å². The molecule has 0 atom stereocenters. The van der Waals surface area contributed by atoms with Gasteiger partial charge in [-0.3, -0.25) is 0 Å². The summed E-state index contributed by atoms with van der Waals surface area (Å²) >= 11 is 6.23. The minimum Gasteiger partial charge on any atom is -0.377 e. The lowest BCUT2D eigenvalue weighted by Crippen LogP contribution is -2.12. The predicted molar refractivity (Wildman–Crippen MR) is 88.1 cm³/mol. The van der Waals surface area contributed by atoms with Crippen LogP contribution in [0.4, 0.5) is 5.69 Å². The van der Waals surface area contributed by atoms with Crippen molar-refractivity contribution in [3.8, 4) is 11.4 Å². The maximum absolute atomic E-state index is 6.23. The quantitative estimate of drug-likeness (QED) is 0.742. The van der Waals surface area contributed by atoms with Gasteiger partial charge < -0.3 is 4.90 Å². The highest BCUT2D eigenvalue weighted by molar-refractivity contribution is 6.31. The van der Waals surface area contributed by atoms with Crippen molar-refractivity contribution in [3.63, 3.8) is 0 Å². The van der Waals surface area contributed by atoms with Gasteiger partial charge in [-0.25, -0.2) is 4.68 Å². The SMILES string of the molecule is CN(C)c1ccccc1-c1nnnn1Cc1ccccc1Cl. The van der Waals surface area contributed by atoms with E-state index < -0.39 is 0 Å². The average Bonchev–Trinajstić information content (AvgIpc) is 2.97. The van der Waals surface area contributed by atoms with Gasteiger partial charge in [-0.1, -0.05) is 41.9 Å². The summed E-state index contributed by atoms with van der Waals surface area (Å²) in [7, 11) is 4.00. The van der Waals surface area contributed by atoms with Gasteiger partial charge in [0.25, 0.3) is 0 Å². The molecule has 0 aliphatic carbocycles. The highest BCUT2D eigenvalue weighted by Crippen LogP contribution is 2.28. The maximum Gasteiger partial charge on any atom is 0.184 e. The Bertz CT molecular complexity index is 781. The molecule has 0 amide bonds. The van der Waals surface area contributed by atoms with Gasteiger partial charge in [-0.05, 0) is 34.2 Å². The zero-order valence-electron chi connectivity index (χ0n) is 12.4. The Hall–Kier alpha value is -2.40. The van der Waals surface area contributed by atoms with Crippen molar-refractivity contribution in [2.45, 2.75) is 6.54 Å². The lowest BCUT2D eigenvalue weighted by molar-refractivity contribution is 0.653. The van der Waals surface area contributed by atoms with Crippen molar-refractivity contribution in [2.75, 3.05) is 19.0 Å². The van der Waals surface area contributed by atoms with Gasteiger partial charge in [0, 0.05) is 30.4 Å². The first-order valence-electron chi connectivity index (χ1n) is 6.93. The zero-order valence-corrected chi connectivity index (χ0v) is 13.2. The summed E-state index contributed by atoms with van der Waals surface area (Å²) in [6, 6.07) is 15.8. The van der Waals surface area contributed by atoms with E-state index in [-0.39, 0.29) is 0 Å². The van der Waals surface area contributed by atoms with E-state index in [2.05, 4.69) is 15.5 Å². The first-order valence-corrected chi connectivity index (χ1v) is 7.31. The Morgan fingerprint density at radius 1 is 1.05 bits per heavy atom. The van der Waals surface area contributed by atoms with Crippen LogP contribution in [-0.4, -0.2) is 34.3 Å². The van der Waals surface area contributed by atoms with Crippen molar-refractivity contribution in [1.82, 2.24) is 20.2 Å². The molecule has 0 aliphatic rings. The molecule has 22 heavy (non-hydrogen) atoms. The third kappa shape index (κ3) is 2.80. The van der Waals surface area contributed by atoms with E-state index >= 15 is 0 Å². The van der Waals surface area contributed by atoms with Crippen LogP contribution in [0.3, 0.4) is 0 Å². The van der Waals surface area contributed by atoms with Crippen LogP contribution in [0.1, 0.15) is 5.56 Å². The first-order chi connectivity index (χ1) is 10.7. The van der Waals surface area contributed by atoms with Crippen LogP contribution in [0.15, 0.2) is 48.5 Å². The molecule has 0 radical (unpaired) electrons. The first kappa shape index (κ1) is 14.5. The van der Waals surface area contributed by atoms with E-state index in [0.29, 0.717) is 11.6 Å². The number of rotatable bonds is 4. The van der Waals surface area contributed by atoms with Gasteiger partial charge in [0.15, 0.2) is 5.82 Å². The minimum absolute atomic E-state index is 0.532. The fourth-order valence-electron chi connectivity index (χ4n) is 2.34. The number of hydrogen-bond acceptors (Lipinski definition) is 4. The number of anilines is 1. The second-order valence-corrected chi connectivity index (χ2v) is 5.57. The van der Waals surface area contributed by atoms with E-state index in [1.165, 1.54) is 0 Å². The van der Waals surface area contributed by atoms with Crippen molar-refractivity contribution in [2.24, 2.45) is 0 Å². The molecule has 0 bridgehead atoms. The van der Waals surface area contributed by atoms with Crippen molar-refractivity contribution in [3.05, 3.63) is 59.1 Å². The zero-order chi connectivity index (χ0) is 15.5. The van der Waals surface area contributed by atoms with Crippen LogP contribution in [-0.2, 0) is 6.54 Å². The summed E-state index contributed by atoms with van der Waals surface area (Å²) < 4.78 is 1.77. The highest BCUT2D eigenvalue weighted by atomic mass is 35.5. The maximum atomic E-state index is 6.23. The fraction of sp³-hybridized carbons (Fsp3) is 0.188. The van der Waals surface area contributed by atoms with Crippen LogP contribution >= 0.6 is 11.6 Å². The Morgan fingerprint density at radius 3 is 2.55 bits per heavy atom. The molecular formula is C16H16ClN5. The Kier molecular flexibility index (Phi) is 4.06. The summed E-state index contributed by atoms with van der Waals surface area (Å²) in [4.78, 5) is 2.05. The number of para-hydroxylation sites is 1. The summed E-state index contributed by atoms with van der Waals surface area (Å²) in [6.45, 7) is 0.532. The summed E-state index contributed by atoms with van der Waals surface area (Å²) in [5, 5.41) is 12.8. The summed E-state index contributed by atoms with van der Waals surface area (Å²) in [5.74, 6) is 0.726. The molecule has 1 heterocycles. The van der Waals surface area contributed by atoms with E-state index in [4.69, 9.17) is 11.6 Å². The summed E-state index contributed by atoms with van der Waals surface area (Å²) in [6.07, 6.45) is 0. The molecule has 0 fully saturated rings. The van der Waals surface area contributed by atoms with Gasteiger partial charge >= 0.3 is 0 Å². The molecule has 0 spiro atoms. The fourth-order valence-corrected chi connectivity index (χ4v) is 2.54. The molecule has 0 saturated carbocycles. The lowest BCUT2D eigenvalue weighted by atomic mass is 10.1. The second-order valence-electron chi connectivity index (χ2n) is 5.16. The third-order valence-electron chi connectivity index (χ3n) is 3.44. The number of aromatic nitrogens is 4. The van der Waals surface area contributed by atoms with Crippen LogP contribution < -0.4 is 4.90 Å². The summed E-state index contributed by atoms with van der Waals surface area (Å²) in [5.41, 5.74) is 3.04. The Labute approximate surface area is 134 Å². The third-order valence-corrected chi connectivity index (χ3v) is 3.81. The number of halogens is 1. The molecular weight excluding hydrogens is 298 g/mol. The molecule has 3 rings (SSSR count). The Morgan fingerprint density at radius 2 is 1.77 bits per heavy atom. The van der Waals surface area contributed by atoms with Crippen molar-refractivity contribution < 1.29 is 0 Å². The smallest absolute Gasteiger partial charge is 0.184 e. The molecule has 0 saturated heterocycles. The van der Waals surface area contributed by atoms with Gasteiger partial charge in [-0.2, -0.15) is 0 Å². The second kappa shape index (κ2) is 6.15. The largest absolute Gasteiger partial charge is 0.377 e. The monoisotopic (exact) mass is 313 g/mol. The predicted octanol–water partition coefficient (Wildman–Crippen LogP) is 3.11. The van der Waals surface area contributed by atoms with E-state index in [0.717, 1.165) is 22.6 Å². The van der Waals surface area contributed by atoms with Crippen molar-refractivity contribution >= 4 is 17.3 Å².